The van der Waals surface area contributed by atoms with Crippen LogP contribution in [0.4, 0.5) is 15.8 Å². The van der Waals surface area contributed by atoms with Crippen LogP contribution in [-0.4, -0.2) is 31.6 Å². The summed E-state index contributed by atoms with van der Waals surface area (Å²) in [6, 6.07) is 10.7. The van der Waals surface area contributed by atoms with E-state index < -0.39 is 5.41 Å². The van der Waals surface area contributed by atoms with E-state index in [1.807, 2.05) is 13.8 Å². The number of amides is 2. The monoisotopic (exact) mass is 428 g/mol. The van der Waals surface area contributed by atoms with Crippen LogP contribution in [0, 0.1) is 17.2 Å². The molecule has 0 aliphatic carbocycles. The molecule has 0 fully saturated rings. The highest BCUT2D eigenvalue weighted by Crippen LogP contribution is 2.38. The highest BCUT2D eigenvalue weighted by Gasteiger charge is 2.37. The van der Waals surface area contributed by atoms with Crippen molar-refractivity contribution >= 4 is 23.2 Å². The number of nitrogens with zero attached hydrogens (tertiary/aromatic N) is 1. The molecular weight excluding hydrogens is 399 g/mol. The molecule has 31 heavy (non-hydrogen) atoms. The predicted octanol–water partition coefficient (Wildman–Crippen LogP) is 4.64. The molecule has 0 saturated carbocycles. The summed E-state index contributed by atoms with van der Waals surface area (Å²) in [5, 5.41) is 2.78. The molecule has 0 saturated heterocycles. The van der Waals surface area contributed by atoms with Gasteiger partial charge < -0.3 is 19.7 Å². The van der Waals surface area contributed by atoms with Crippen LogP contribution in [0.2, 0.25) is 0 Å². The number of fused-ring (bicyclic) bond motifs is 1. The number of hydrogen-bond donors (Lipinski definition) is 1. The van der Waals surface area contributed by atoms with E-state index >= 15 is 0 Å². The van der Waals surface area contributed by atoms with Crippen LogP contribution in [0.1, 0.15) is 34.1 Å². The third-order valence-corrected chi connectivity index (χ3v) is 5.06. The Labute approximate surface area is 182 Å². The van der Waals surface area contributed by atoms with E-state index in [-0.39, 0.29) is 30.8 Å². The van der Waals surface area contributed by atoms with Crippen LogP contribution in [-0.2, 0) is 9.59 Å². The second-order valence-electron chi connectivity index (χ2n) is 8.79. The van der Waals surface area contributed by atoms with Gasteiger partial charge in [0.1, 0.15) is 23.9 Å². The van der Waals surface area contributed by atoms with Crippen molar-refractivity contribution in [1.82, 2.24) is 0 Å². The molecule has 6 nitrogen and oxygen atoms in total. The lowest BCUT2D eigenvalue weighted by atomic mass is 9.92. The lowest BCUT2D eigenvalue weighted by Crippen LogP contribution is -2.42. The normalized spacial score (nSPS) is 15.2. The molecule has 1 aliphatic rings. The van der Waals surface area contributed by atoms with E-state index in [9.17, 15) is 14.0 Å². The summed E-state index contributed by atoms with van der Waals surface area (Å²) < 4.78 is 24.3. The summed E-state index contributed by atoms with van der Waals surface area (Å²) in [6.45, 7) is 8.61. The third-order valence-electron chi connectivity index (χ3n) is 5.06. The van der Waals surface area contributed by atoms with Gasteiger partial charge in [-0.1, -0.05) is 13.8 Å². The van der Waals surface area contributed by atoms with Gasteiger partial charge in [-0.15, -0.1) is 0 Å². The number of rotatable bonds is 7. The van der Waals surface area contributed by atoms with Gasteiger partial charge in [0.05, 0.1) is 11.1 Å². The first-order valence-corrected chi connectivity index (χ1v) is 10.4. The highest BCUT2D eigenvalue weighted by atomic mass is 19.1. The van der Waals surface area contributed by atoms with Gasteiger partial charge in [-0.25, -0.2) is 4.39 Å². The number of halogens is 1. The van der Waals surface area contributed by atoms with Crippen molar-refractivity contribution in [3.63, 3.8) is 0 Å². The smallest absolute Gasteiger partial charge is 0.262 e. The molecule has 0 aromatic heterocycles. The molecule has 166 valence electrons. The average molecular weight is 429 g/mol. The van der Waals surface area contributed by atoms with Crippen LogP contribution < -0.4 is 19.7 Å². The Morgan fingerprint density at radius 2 is 1.94 bits per heavy atom. The molecule has 7 heteroatoms. The maximum absolute atomic E-state index is 13.2. The molecule has 1 N–H and O–H groups in total. The van der Waals surface area contributed by atoms with Crippen LogP contribution in [0.25, 0.3) is 0 Å². The van der Waals surface area contributed by atoms with E-state index in [0.717, 1.165) is 6.42 Å². The standard InChI is InChI=1S/C24H29FN2O4/c1-16(2)11-12-27-20-13-18(7-10-21(20)31-15-24(3,4)23(27)29)26-22(28)14-30-19-8-5-17(25)6-9-19/h5-10,13,16H,11-12,14-15H2,1-4H3,(H,26,28). The highest BCUT2D eigenvalue weighted by molar-refractivity contribution is 6.00. The van der Waals surface area contributed by atoms with Crippen LogP contribution in [0.5, 0.6) is 11.5 Å². The quantitative estimate of drug-likeness (QED) is 0.698. The molecule has 0 spiro atoms. The fraction of sp³-hybridized carbons (Fsp3) is 0.417. The number of nitrogens with one attached hydrogen (secondary N) is 1. The Kier molecular flexibility index (Phi) is 6.83. The molecular formula is C24H29FN2O4. The molecule has 0 atom stereocenters. The Hall–Kier alpha value is -3.09. The van der Waals surface area contributed by atoms with Crippen LogP contribution in [0.3, 0.4) is 0 Å². The fourth-order valence-electron chi connectivity index (χ4n) is 3.21. The fourth-order valence-corrected chi connectivity index (χ4v) is 3.21. The first kappa shape index (κ1) is 22.6. The number of hydrogen-bond acceptors (Lipinski definition) is 4. The molecule has 0 radical (unpaired) electrons. The summed E-state index contributed by atoms with van der Waals surface area (Å²) >= 11 is 0. The number of carbonyl (C=O) groups excluding carboxylic acids is 2. The van der Waals surface area contributed by atoms with Gasteiger partial charge in [0.15, 0.2) is 6.61 Å². The molecule has 3 rings (SSSR count). The Morgan fingerprint density at radius 3 is 2.61 bits per heavy atom. The van der Waals surface area contributed by atoms with Gasteiger partial charge in [-0.2, -0.15) is 0 Å². The van der Waals surface area contributed by atoms with Gasteiger partial charge in [0.25, 0.3) is 5.91 Å². The number of carbonyl (C=O) groups is 2. The predicted molar refractivity (Wildman–Crippen MR) is 118 cm³/mol. The Bertz CT molecular complexity index is 941. The van der Waals surface area contributed by atoms with Crippen molar-refractivity contribution in [3.8, 4) is 11.5 Å². The second-order valence-corrected chi connectivity index (χ2v) is 8.79. The zero-order valence-electron chi connectivity index (χ0n) is 18.4. The molecule has 1 heterocycles. The van der Waals surface area contributed by atoms with Crippen molar-refractivity contribution in [2.45, 2.75) is 34.1 Å². The van der Waals surface area contributed by atoms with Crippen LogP contribution in [0.15, 0.2) is 42.5 Å². The topological polar surface area (TPSA) is 67.9 Å². The first-order chi connectivity index (χ1) is 14.7. The van der Waals surface area contributed by atoms with Crippen LogP contribution >= 0.6 is 0 Å². The summed E-state index contributed by atoms with van der Waals surface area (Å²) in [5.74, 6) is 0.718. The zero-order chi connectivity index (χ0) is 22.6. The van der Waals surface area contributed by atoms with E-state index in [4.69, 9.17) is 9.47 Å². The van der Waals surface area contributed by atoms with E-state index in [2.05, 4.69) is 19.2 Å². The number of anilines is 2. The molecule has 0 unspecified atom stereocenters. The van der Waals surface area contributed by atoms with Crippen molar-refractivity contribution < 1.29 is 23.5 Å². The third kappa shape index (κ3) is 5.75. The lowest BCUT2D eigenvalue weighted by Gasteiger charge is -2.28. The molecule has 2 amide bonds. The molecule has 1 aliphatic heterocycles. The molecule has 0 bridgehead atoms. The Morgan fingerprint density at radius 1 is 1.23 bits per heavy atom. The SMILES string of the molecule is CC(C)CCN1C(=O)C(C)(C)COc2ccc(NC(=O)COc3ccc(F)cc3)cc21. The number of benzene rings is 2. The summed E-state index contributed by atoms with van der Waals surface area (Å²) in [7, 11) is 0. The molecule has 2 aromatic carbocycles. The first-order valence-electron chi connectivity index (χ1n) is 10.4. The van der Waals surface area contributed by atoms with Crippen molar-refractivity contribution in [1.29, 1.82) is 0 Å². The maximum Gasteiger partial charge on any atom is 0.262 e. The van der Waals surface area contributed by atoms with Gasteiger partial charge in [-0.05, 0) is 68.7 Å². The van der Waals surface area contributed by atoms with E-state index in [1.54, 1.807) is 23.1 Å². The summed E-state index contributed by atoms with van der Waals surface area (Å²) in [4.78, 5) is 27.3. The van der Waals surface area contributed by atoms with E-state index in [0.29, 0.717) is 35.3 Å². The Balaban J connectivity index is 1.75. The largest absolute Gasteiger partial charge is 0.490 e. The minimum atomic E-state index is -0.650. The van der Waals surface area contributed by atoms with Gasteiger partial charge in [-0.3, -0.25) is 9.59 Å². The van der Waals surface area contributed by atoms with Crippen molar-refractivity contribution in [3.05, 3.63) is 48.3 Å². The van der Waals surface area contributed by atoms with Crippen molar-refractivity contribution in [2.24, 2.45) is 11.3 Å². The number of ether oxygens (including phenoxy) is 2. The summed E-state index contributed by atoms with van der Waals surface area (Å²) in [6.07, 6.45) is 0.851. The maximum atomic E-state index is 13.2. The zero-order valence-corrected chi connectivity index (χ0v) is 18.4. The summed E-state index contributed by atoms with van der Waals surface area (Å²) in [5.41, 5.74) is 0.535. The average Bonchev–Trinajstić information content (AvgIpc) is 2.81. The lowest BCUT2D eigenvalue weighted by molar-refractivity contribution is -0.127. The van der Waals surface area contributed by atoms with Gasteiger partial charge >= 0.3 is 0 Å². The molecule has 2 aromatic rings. The van der Waals surface area contributed by atoms with Crippen molar-refractivity contribution in [2.75, 3.05) is 30.0 Å². The van der Waals surface area contributed by atoms with E-state index in [1.165, 1.54) is 24.3 Å². The van der Waals surface area contributed by atoms with Gasteiger partial charge in [0.2, 0.25) is 5.91 Å². The second kappa shape index (κ2) is 9.37. The minimum absolute atomic E-state index is 0.00461. The van der Waals surface area contributed by atoms with Gasteiger partial charge in [0, 0.05) is 12.2 Å². The minimum Gasteiger partial charge on any atom is -0.490 e.